The standard InChI is InChI=1S/C20H35N5O2S2.HI/c1-2-22-19(23-15-17-9-10-18(28-17)29(21,26)27)24-16-20(11-5-3-6-12-20)25-13-7-4-8-14-25;/h9-10H,2-8,11-16H2,1H3,(H2,21,26,27)(H2,22,23,24);1H. The molecule has 0 bridgehead atoms. The molecule has 10 heteroatoms. The fourth-order valence-electron chi connectivity index (χ4n) is 4.53. The number of nitrogens with zero attached hydrogens (tertiary/aromatic N) is 2. The molecule has 7 nitrogen and oxygen atoms in total. The lowest BCUT2D eigenvalue weighted by atomic mass is 9.79. The molecule has 2 aliphatic rings. The van der Waals surface area contributed by atoms with Crippen LogP contribution in [0.3, 0.4) is 0 Å². The second-order valence-corrected chi connectivity index (χ2v) is 11.1. The predicted octanol–water partition coefficient (Wildman–Crippen LogP) is 3.26. The number of piperidine rings is 1. The van der Waals surface area contributed by atoms with Crippen molar-refractivity contribution in [3.05, 3.63) is 17.0 Å². The number of guanidine groups is 1. The van der Waals surface area contributed by atoms with Crippen LogP contribution in [0, 0.1) is 0 Å². The van der Waals surface area contributed by atoms with Gasteiger partial charge in [-0.1, -0.05) is 25.7 Å². The molecular weight excluding hydrogens is 533 g/mol. The number of primary sulfonamides is 1. The van der Waals surface area contributed by atoms with Crippen molar-refractivity contribution in [3.63, 3.8) is 0 Å². The largest absolute Gasteiger partial charge is 0.357 e. The number of nitrogens with two attached hydrogens (primary N) is 1. The summed E-state index contributed by atoms with van der Waals surface area (Å²) in [5.41, 5.74) is 0.235. The van der Waals surface area contributed by atoms with Crippen LogP contribution in [0.5, 0.6) is 0 Å². The van der Waals surface area contributed by atoms with E-state index in [0.717, 1.165) is 23.9 Å². The van der Waals surface area contributed by atoms with E-state index < -0.39 is 10.0 Å². The topological polar surface area (TPSA) is 99.8 Å². The van der Waals surface area contributed by atoms with Gasteiger partial charge in [-0.15, -0.1) is 35.3 Å². The molecule has 0 atom stereocenters. The number of halogens is 1. The molecule has 0 aromatic carbocycles. The van der Waals surface area contributed by atoms with E-state index in [0.29, 0.717) is 6.54 Å². The first-order chi connectivity index (χ1) is 13.9. The Morgan fingerprint density at radius 2 is 1.80 bits per heavy atom. The van der Waals surface area contributed by atoms with Crippen molar-refractivity contribution in [2.45, 2.75) is 74.6 Å². The van der Waals surface area contributed by atoms with Crippen molar-refractivity contribution in [1.82, 2.24) is 15.5 Å². The summed E-state index contributed by atoms with van der Waals surface area (Å²) in [6, 6.07) is 3.34. The molecule has 0 radical (unpaired) electrons. The highest BCUT2D eigenvalue weighted by Crippen LogP contribution is 2.35. The molecule has 30 heavy (non-hydrogen) atoms. The summed E-state index contributed by atoms with van der Waals surface area (Å²) in [7, 11) is -3.64. The molecule has 4 N–H and O–H groups in total. The second kappa shape index (κ2) is 12.0. The summed E-state index contributed by atoms with van der Waals surface area (Å²) in [6.45, 7) is 6.61. The van der Waals surface area contributed by atoms with Crippen molar-refractivity contribution >= 4 is 51.3 Å². The van der Waals surface area contributed by atoms with Crippen molar-refractivity contribution < 1.29 is 8.42 Å². The molecule has 1 aromatic rings. The van der Waals surface area contributed by atoms with Crippen LogP contribution in [-0.4, -0.2) is 51.0 Å². The number of hydrogen-bond acceptors (Lipinski definition) is 5. The Labute approximate surface area is 202 Å². The van der Waals surface area contributed by atoms with Gasteiger partial charge in [0.25, 0.3) is 0 Å². The summed E-state index contributed by atoms with van der Waals surface area (Å²) < 4.78 is 23.1. The Morgan fingerprint density at radius 1 is 1.13 bits per heavy atom. The van der Waals surface area contributed by atoms with E-state index in [-0.39, 0.29) is 33.7 Å². The highest BCUT2D eigenvalue weighted by molar-refractivity contribution is 14.0. The van der Waals surface area contributed by atoms with Crippen molar-refractivity contribution in [3.8, 4) is 0 Å². The summed E-state index contributed by atoms with van der Waals surface area (Å²) in [6.07, 6.45) is 10.4. The van der Waals surface area contributed by atoms with Crippen LogP contribution >= 0.6 is 35.3 Å². The van der Waals surface area contributed by atoms with Crippen molar-refractivity contribution in [2.75, 3.05) is 26.2 Å². The van der Waals surface area contributed by atoms with Crippen LogP contribution in [0.1, 0.15) is 63.2 Å². The number of aliphatic imine (C=N–C) groups is 1. The smallest absolute Gasteiger partial charge is 0.247 e. The number of rotatable bonds is 7. The molecule has 1 saturated carbocycles. The lowest BCUT2D eigenvalue weighted by Crippen LogP contribution is -2.59. The maximum Gasteiger partial charge on any atom is 0.247 e. The van der Waals surface area contributed by atoms with E-state index in [4.69, 9.17) is 10.1 Å². The molecular formula is C20H36IN5O2S2. The fraction of sp³-hybridized carbons (Fsp3) is 0.750. The van der Waals surface area contributed by atoms with Gasteiger partial charge in [0, 0.05) is 23.5 Å². The highest BCUT2D eigenvalue weighted by atomic mass is 127. The Hall–Kier alpha value is -0.430. The monoisotopic (exact) mass is 569 g/mol. The normalized spacial score (nSPS) is 20.4. The third-order valence-corrected chi connectivity index (χ3v) is 8.56. The van der Waals surface area contributed by atoms with Gasteiger partial charge in [-0.25, -0.2) is 18.5 Å². The molecule has 0 spiro atoms. The maximum atomic E-state index is 11.5. The minimum Gasteiger partial charge on any atom is -0.357 e. The number of thiophene rings is 1. The average Bonchev–Trinajstić information content (AvgIpc) is 3.21. The Kier molecular flexibility index (Phi) is 10.3. The van der Waals surface area contributed by atoms with Crippen LogP contribution in [0.15, 0.2) is 21.3 Å². The number of likely N-dealkylation sites (tertiary alicyclic amines) is 1. The molecule has 0 unspecified atom stereocenters. The summed E-state index contributed by atoms with van der Waals surface area (Å²) >= 11 is 1.18. The van der Waals surface area contributed by atoms with E-state index >= 15 is 0 Å². The van der Waals surface area contributed by atoms with Crippen LogP contribution in [0.4, 0.5) is 0 Å². The van der Waals surface area contributed by atoms with Crippen LogP contribution in [0.2, 0.25) is 0 Å². The third-order valence-electron chi connectivity index (χ3n) is 6.05. The summed E-state index contributed by atoms with van der Waals surface area (Å²) in [5, 5.41) is 12.1. The molecule has 0 amide bonds. The van der Waals surface area contributed by atoms with Gasteiger partial charge in [-0.2, -0.15) is 0 Å². The van der Waals surface area contributed by atoms with Crippen LogP contribution in [-0.2, 0) is 16.6 Å². The molecule has 172 valence electrons. The number of nitrogens with one attached hydrogen (secondary N) is 2. The fourth-order valence-corrected chi connectivity index (χ4v) is 6.23. The van der Waals surface area contributed by atoms with Gasteiger partial charge >= 0.3 is 0 Å². The Morgan fingerprint density at radius 3 is 2.40 bits per heavy atom. The first-order valence-electron chi connectivity index (χ1n) is 10.8. The Bertz CT molecular complexity index is 785. The molecule has 1 aliphatic heterocycles. The second-order valence-electron chi connectivity index (χ2n) is 8.15. The SMILES string of the molecule is CCNC(=NCc1ccc(S(N)(=O)=O)s1)NCC1(N2CCCCC2)CCCCC1.I. The third kappa shape index (κ3) is 7.04. The lowest BCUT2D eigenvalue weighted by molar-refractivity contribution is 0.0368. The zero-order chi connectivity index (χ0) is 20.7. The van der Waals surface area contributed by atoms with E-state index in [1.165, 1.54) is 75.8 Å². The summed E-state index contributed by atoms with van der Waals surface area (Å²) in [5.74, 6) is 0.792. The summed E-state index contributed by atoms with van der Waals surface area (Å²) in [4.78, 5) is 8.30. The minimum atomic E-state index is -3.64. The van der Waals surface area contributed by atoms with E-state index in [9.17, 15) is 8.42 Å². The lowest BCUT2D eigenvalue weighted by Gasteiger charge is -2.48. The molecule has 3 rings (SSSR count). The molecule has 2 fully saturated rings. The van der Waals surface area contributed by atoms with Gasteiger partial charge in [-0.3, -0.25) is 4.90 Å². The molecule has 2 heterocycles. The Balaban J connectivity index is 0.00000320. The maximum absolute atomic E-state index is 11.5. The highest BCUT2D eigenvalue weighted by Gasteiger charge is 2.38. The van der Waals surface area contributed by atoms with Gasteiger partial charge in [0.1, 0.15) is 4.21 Å². The van der Waals surface area contributed by atoms with Crippen LogP contribution < -0.4 is 15.8 Å². The van der Waals surface area contributed by atoms with E-state index in [1.54, 1.807) is 12.1 Å². The minimum absolute atomic E-state index is 0. The van der Waals surface area contributed by atoms with Gasteiger partial charge in [0.05, 0.1) is 6.54 Å². The van der Waals surface area contributed by atoms with Gasteiger partial charge < -0.3 is 10.6 Å². The van der Waals surface area contributed by atoms with Crippen molar-refractivity contribution in [2.24, 2.45) is 10.1 Å². The molecule has 1 aliphatic carbocycles. The van der Waals surface area contributed by atoms with Crippen molar-refractivity contribution in [1.29, 1.82) is 0 Å². The zero-order valence-corrected chi connectivity index (χ0v) is 21.8. The van der Waals surface area contributed by atoms with E-state index in [1.807, 2.05) is 0 Å². The number of hydrogen-bond donors (Lipinski definition) is 3. The van der Waals surface area contributed by atoms with Gasteiger partial charge in [0.2, 0.25) is 10.0 Å². The predicted molar refractivity (Wildman–Crippen MR) is 135 cm³/mol. The quantitative estimate of drug-likeness (QED) is 0.266. The first-order valence-corrected chi connectivity index (χ1v) is 13.2. The molecule has 1 saturated heterocycles. The number of sulfonamides is 1. The van der Waals surface area contributed by atoms with Gasteiger partial charge in [0.15, 0.2) is 5.96 Å². The molecule has 1 aromatic heterocycles. The van der Waals surface area contributed by atoms with Gasteiger partial charge in [-0.05, 0) is 57.8 Å². The average molecular weight is 570 g/mol. The van der Waals surface area contributed by atoms with E-state index in [2.05, 4.69) is 22.5 Å². The zero-order valence-electron chi connectivity index (χ0n) is 17.9. The first kappa shape index (κ1) is 25.8. The van der Waals surface area contributed by atoms with Crippen LogP contribution in [0.25, 0.3) is 0 Å².